The van der Waals surface area contributed by atoms with Crippen molar-refractivity contribution in [1.82, 2.24) is 19.2 Å². The standard InChI is InChI=1S/C30H34N4O/c1-8-11-24-16-25-21(5)31-29-28(27-19(3)14-18(2)15-20(27)4)22(6)32-34(29)30(25)33(24)17-23-12-9-10-13-26(23)35-7/h9-10,12-16H,8,11,17H2,1-7H3. The third kappa shape index (κ3) is 3.79. The van der Waals surface area contributed by atoms with Gasteiger partial charge in [-0.2, -0.15) is 9.61 Å². The third-order valence-corrected chi connectivity index (χ3v) is 7.01. The first-order chi connectivity index (χ1) is 16.8. The summed E-state index contributed by atoms with van der Waals surface area (Å²) in [5, 5.41) is 6.24. The number of rotatable bonds is 6. The van der Waals surface area contributed by atoms with Crippen molar-refractivity contribution in [3.8, 4) is 16.9 Å². The molecule has 0 saturated heterocycles. The Hall–Kier alpha value is -3.60. The molecule has 0 amide bonds. The van der Waals surface area contributed by atoms with E-state index >= 15 is 0 Å². The molecule has 0 saturated carbocycles. The van der Waals surface area contributed by atoms with Crippen LogP contribution in [0.2, 0.25) is 0 Å². The number of ether oxygens (including phenoxy) is 1. The van der Waals surface area contributed by atoms with Crippen molar-refractivity contribution in [2.75, 3.05) is 7.11 Å². The lowest BCUT2D eigenvalue weighted by molar-refractivity contribution is 0.408. The average molecular weight is 467 g/mol. The zero-order valence-corrected chi connectivity index (χ0v) is 21.9. The summed E-state index contributed by atoms with van der Waals surface area (Å²) >= 11 is 0. The van der Waals surface area contributed by atoms with Crippen LogP contribution in [0.25, 0.3) is 27.8 Å². The summed E-state index contributed by atoms with van der Waals surface area (Å²) in [5.74, 6) is 0.905. The van der Waals surface area contributed by atoms with Crippen molar-refractivity contribution in [3.63, 3.8) is 0 Å². The zero-order chi connectivity index (χ0) is 24.9. The number of benzene rings is 2. The van der Waals surface area contributed by atoms with Crippen molar-refractivity contribution in [2.45, 2.75) is 60.9 Å². The number of hydrogen-bond donors (Lipinski definition) is 0. The van der Waals surface area contributed by atoms with Gasteiger partial charge in [0, 0.05) is 16.6 Å². The Morgan fingerprint density at radius 1 is 0.886 bits per heavy atom. The number of methoxy groups -OCH3 is 1. The Kier molecular flexibility index (Phi) is 5.87. The normalized spacial score (nSPS) is 11.6. The van der Waals surface area contributed by atoms with E-state index in [2.05, 4.69) is 81.0 Å². The highest BCUT2D eigenvalue weighted by Crippen LogP contribution is 2.36. The molecule has 5 rings (SSSR count). The molecular weight excluding hydrogens is 432 g/mol. The molecule has 5 heteroatoms. The lowest BCUT2D eigenvalue weighted by Crippen LogP contribution is -2.09. The van der Waals surface area contributed by atoms with E-state index in [4.69, 9.17) is 14.8 Å². The second-order valence-corrected chi connectivity index (χ2v) is 9.69. The molecule has 0 aliphatic rings. The second kappa shape index (κ2) is 8.88. The molecule has 0 N–H and O–H groups in total. The fourth-order valence-electron chi connectivity index (χ4n) is 5.58. The Balaban J connectivity index is 1.84. The molecule has 0 aliphatic carbocycles. The Bertz CT molecular complexity index is 1550. The van der Waals surface area contributed by atoms with E-state index in [1.807, 2.05) is 12.1 Å². The monoisotopic (exact) mass is 466 g/mol. The summed E-state index contributed by atoms with van der Waals surface area (Å²) in [7, 11) is 1.74. The van der Waals surface area contributed by atoms with Crippen molar-refractivity contribution in [3.05, 3.63) is 81.8 Å². The lowest BCUT2D eigenvalue weighted by Gasteiger charge is -2.14. The van der Waals surface area contributed by atoms with Crippen LogP contribution in [0, 0.1) is 34.6 Å². The van der Waals surface area contributed by atoms with Crippen LogP contribution in [0.5, 0.6) is 5.75 Å². The Morgan fingerprint density at radius 2 is 1.60 bits per heavy atom. The summed E-state index contributed by atoms with van der Waals surface area (Å²) in [6.07, 6.45) is 2.07. The van der Waals surface area contributed by atoms with Gasteiger partial charge < -0.3 is 9.30 Å². The topological polar surface area (TPSA) is 44.4 Å². The average Bonchev–Trinajstić information content (AvgIpc) is 3.32. The molecule has 0 bridgehead atoms. The van der Waals surface area contributed by atoms with Gasteiger partial charge in [0.1, 0.15) is 11.4 Å². The number of aryl methyl sites for hydroxylation is 6. The molecule has 5 aromatic rings. The summed E-state index contributed by atoms with van der Waals surface area (Å²) in [5.41, 5.74) is 12.7. The largest absolute Gasteiger partial charge is 0.496 e. The van der Waals surface area contributed by atoms with Crippen LogP contribution >= 0.6 is 0 Å². The van der Waals surface area contributed by atoms with E-state index in [1.165, 1.54) is 27.9 Å². The summed E-state index contributed by atoms with van der Waals surface area (Å²) in [4.78, 5) is 5.12. The van der Waals surface area contributed by atoms with Gasteiger partial charge in [-0.05, 0) is 69.9 Å². The van der Waals surface area contributed by atoms with Crippen molar-refractivity contribution in [1.29, 1.82) is 0 Å². The van der Waals surface area contributed by atoms with Crippen LogP contribution in [0.1, 0.15) is 52.7 Å². The molecule has 3 heterocycles. The number of hydrogen-bond acceptors (Lipinski definition) is 3. The zero-order valence-electron chi connectivity index (χ0n) is 21.9. The predicted octanol–water partition coefficient (Wildman–Crippen LogP) is 6.90. The number of nitrogens with zero attached hydrogens (tertiary/aromatic N) is 4. The molecule has 0 spiro atoms. The van der Waals surface area contributed by atoms with Crippen molar-refractivity contribution < 1.29 is 4.74 Å². The molecule has 5 nitrogen and oxygen atoms in total. The minimum atomic E-state index is 0.720. The maximum absolute atomic E-state index is 5.69. The molecule has 2 aromatic carbocycles. The summed E-state index contributed by atoms with van der Waals surface area (Å²) < 4.78 is 10.2. The van der Waals surface area contributed by atoms with Gasteiger partial charge in [-0.25, -0.2) is 4.98 Å². The Morgan fingerprint density at radius 3 is 2.29 bits per heavy atom. The number of aromatic nitrogens is 4. The first-order valence-electron chi connectivity index (χ1n) is 12.4. The van der Waals surface area contributed by atoms with Crippen molar-refractivity contribution in [2.24, 2.45) is 0 Å². The Labute approximate surface area is 207 Å². The minimum Gasteiger partial charge on any atom is -0.496 e. The molecule has 180 valence electrons. The van der Waals surface area contributed by atoms with Crippen LogP contribution in [0.4, 0.5) is 0 Å². The predicted molar refractivity (Wildman–Crippen MR) is 144 cm³/mol. The van der Waals surface area contributed by atoms with Gasteiger partial charge in [0.2, 0.25) is 0 Å². The molecule has 3 aromatic heterocycles. The van der Waals surface area contributed by atoms with Gasteiger partial charge in [-0.1, -0.05) is 49.2 Å². The maximum Gasteiger partial charge on any atom is 0.165 e. The molecule has 0 aliphatic heterocycles. The maximum atomic E-state index is 5.69. The van der Waals surface area contributed by atoms with Gasteiger partial charge in [0.05, 0.1) is 30.6 Å². The fourth-order valence-corrected chi connectivity index (χ4v) is 5.58. The first-order valence-corrected chi connectivity index (χ1v) is 12.4. The van der Waals surface area contributed by atoms with Gasteiger partial charge in [-0.15, -0.1) is 0 Å². The number of para-hydroxylation sites is 1. The molecule has 0 atom stereocenters. The van der Waals surface area contributed by atoms with E-state index in [9.17, 15) is 0 Å². The highest BCUT2D eigenvalue weighted by Gasteiger charge is 2.23. The second-order valence-electron chi connectivity index (χ2n) is 9.69. The molecule has 35 heavy (non-hydrogen) atoms. The van der Waals surface area contributed by atoms with Gasteiger partial charge >= 0.3 is 0 Å². The van der Waals surface area contributed by atoms with E-state index < -0.39 is 0 Å². The highest BCUT2D eigenvalue weighted by molar-refractivity contribution is 5.90. The van der Waals surface area contributed by atoms with E-state index in [0.29, 0.717) is 0 Å². The number of fused-ring (bicyclic) bond motifs is 3. The first kappa shape index (κ1) is 23.2. The van der Waals surface area contributed by atoms with Crippen molar-refractivity contribution >= 4 is 16.7 Å². The van der Waals surface area contributed by atoms with Crippen LogP contribution in [0.15, 0.2) is 42.5 Å². The van der Waals surface area contributed by atoms with Crippen LogP contribution in [0.3, 0.4) is 0 Å². The van der Waals surface area contributed by atoms with E-state index in [0.717, 1.165) is 64.3 Å². The third-order valence-electron chi connectivity index (χ3n) is 7.01. The lowest BCUT2D eigenvalue weighted by atomic mass is 9.94. The van der Waals surface area contributed by atoms with Crippen LogP contribution < -0.4 is 4.74 Å². The molecule has 0 unspecified atom stereocenters. The van der Waals surface area contributed by atoms with Crippen LogP contribution in [-0.4, -0.2) is 26.3 Å². The van der Waals surface area contributed by atoms with E-state index in [1.54, 1.807) is 7.11 Å². The minimum absolute atomic E-state index is 0.720. The van der Waals surface area contributed by atoms with Gasteiger partial charge in [0.15, 0.2) is 5.65 Å². The smallest absolute Gasteiger partial charge is 0.165 e. The van der Waals surface area contributed by atoms with Crippen LogP contribution in [-0.2, 0) is 13.0 Å². The molecular formula is C30H34N4O. The quantitative estimate of drug-likeness (QED) is 0.273. The fraction of sp³-hybridized carbons (Fsp3) is 0.333. The summed E-state index contributed by atoms with van der Waals surface area (Å²) in [6, 6.07) is 15.1. The van der Waals surface area contributed by atoms with Gasteiger partial charge in [-0.3, -0.25) is 0 Å². The summed E-state index contributed by atoms with van der Waals surface area (Å²) in [6.45, 7) is 13.7. The molecule has 0 fully saturated rings. The SMILES string of the molecule is CCCc1cc2c(C)nc3c(-c4c(C)cc(C)cc4C)c(C)nn3c2n1Cc1ccccc1OC. The van der Waals surface area contributed by atoms with Gasteiger partial charge in [0.25, 0.3) is 0 Å². The van der Waals surface area contributed by atoms with E-state index in [-0.39, 0.29) is 0 Å². The highest BCUT2D eigenvalue weighted by atomic mass is 16.5. The molecule has 0 radical (unpaired) electrons.